The van der Waals surface area contributed by atoms with E-state index in [4.69, 9.17) is 5.26 Å². The Morgan fingerprint density at radius 1 is 1.15 bits per heavy atom. The SMILES string of the molecule is N#Cc1ccc(C[B-](F)(F)F)cc1. The quantitative estimate of drug-likeness (QED) is 0.647. The fourth-order valence-electron chi connectivity index (χ4n) is 0.983. The number of halogens is 3. The van der Waals surface area contributed by atoms with E-state index in [0.717, 1.165) is 0 Å². The number of hydrogen-bond acceptors (Lipinski definition) is 1. The summed E-state index contributed by atoms with van der Waals surface area (Å²) in [5.74, 6) is 0. The van der Waals surface area contributed by atoms with Crippen LogP contribution in [0, 0.1) is 11.3 Å². The van der Waals surface area contributed by atoms with Crippen molar-refractivity contribution in [2.45, 2.75) is 6.32 Å². The average molecular weight is 184 g/mol. The summed E-state index contributed by atoms with van der Waals surface area (Å²) >= 11 is 0. The zero-order chi connectivity index (χ0) is 9.90. The molecule has 0 bridgehead atoms. The standard InChI is InChI=1S/C8H6BF3N/c10-9(11,12)5-7-1-3-8(6-13)4-2-7/h1-4H,5H2/q-1. The Hall–Kier alpha value is -1.44. The lowest BCUT2D eigenvalue weighted by Gasteiger charge is -2.12. The Morgan fingerprint density at radius 3 is 2.08 bits per heavy atom. The largest absolute Gasteiger partial charge is 0.482 e. The van der Waals surface area contributed by atoms with Gasteiger partial charge in [0.1, 0.15) is 0 Å². The molecule has 1 aromatic carbocycles. The predicted octanol–water partition coefficient (Wildman–Crippen LogP) is 2.49. The maximum Gasteiger partial charge on any atom is 0.482 e. The van der Waals surface area contributed by atoms with Crippen LogP contribution in [-0.2, 0) is 6.32 Å². The topological polar surface area (TPSA) is 23.8 Å². The molecule has 0 N–H and O–H groups in total. The highest BCUT2D eigenvalue weighted by molar-refractivity contribution is 6.57. The van der Waals surface area contributed by atoms with Crippen molar-refractivity contribution < 1.29 is 12.9 Å². The van der Waals surface area contributed by atoms with Gasteiger partial charge in [0.15, 0.2) is 0 Å². The lowest BCUT2D eigenvalue weighted by molar-refractivity contribution is 0.468. The fraction of sp³-hybridized carbons (Fsp3) is 0.125. The second-order valence-corrected chi connectivity index (χ2v) is 2.72. The van der Waals surface area contributed by atoms with Gasteiger partial charge in [-0.3, -0.25) is 0 Å². The van der Waals surface area contributed by atoms with Gasteiger partial charge in [-0.25, -0.2) is 0 Å². The van der Waals surface area contributed by atoms with Crippen LogP contribution in [-0.4, -0.2) is 6.98 Å². The van der Waals surface area contributed by atoms with Crippen molar-refractivity contribution in [3.05, 3.63) is 35.4 Å². The van der Waals surface area contributed by atoms with E-state index in [1.54, 1.807) is 0 Å². The molecule has 0 radical (unpaired) electrons. The van der Waals surface area contributed by atoms with Crippen LogP contribution in [0.1, 0.15) is 11.1 Å². The third-order valence-electron chi connectivity index (χ3n) is 1.55. The van der Waals surface area contributed by atoms with Crippen LogP contribution in [0.2, 0.25) is 0 Å². The molecule has 0 spiro atoms. The number of hydrogen-bond donors (Lipinski definition) is 0. The molecule has 0 heterocycles. The summed E-state index contributed by atoms with van der Waals surface area (Å²) < 4.78 is 35.8. The van der Waals surface area contributed by atoms with Crippen LogP contribution >= 0.6 is 0 Å². The third-order valence-corrected chi connectivity index (χ3v) is 1.55. The minimum Gasteiger partial charge on any atom is -0.449 e. The molecule has 0 saturated heterocycles. The van der Waals surface area contributed by atoms with Gasteiger partial charge in [-0.2, -0.15) is 5.26 Å². The highest BCUT2D eigenvalue weighted by Gasteiger charge is 2.22. The van der Waals surface area contributed by atoms with Crippen molar-refractivity contribution in [2.24, 2.45) is 0 Å². The first kappa shape index (κ1) is 9.65. The average Bonchev–Trinajstić information content (AvgIpc) is 2.03. The van der Waals surface area contributed by atoms with E-state index in [1.165, 1.54) is 24.3 Å². The molecule has 5 heteroatoms. The molecular weight excluding hydrogens is 178 g/mol. The van der Waals surface area contributed by atoms with Crippen LogP contribution in [0.4, 0.5) is 12.9 Å². The van der Waals surface area contributed by atoms with Gasteiger partial charge in [-0.1, -0.05) is 24.0 Å². The van der Waals surface area contributed by atoms with Gasteiger partial charge in [0, 0.05) is 0 Å². The van der Waals surface area contributed by atoms with E-state index in [2.05, 4.69) is 0 Å². The Kier molecular flexibility index (Phi) is 2.62. The Morgan fingerprint density at radius 2 is 1.69 bits per heavy atom. The van der Waals surface area contributed by atoms with Crippen molar-refractivity contribution in [1.82, 2.24) is 0 Å². The minimum absolute atomic E-state index is 0.200. The smallest absolute Gasteiger partial charge is 0.449 e. The lowest BCUT2D eigenvalue weighted by Crippen LogP contribution is -2.19. The van der Waals surface area contributed by atoms with Crippen LogP contribution in [0.15, 0.2) is 24.3 Å². The highest BCUT2D eigenvalue weighted by atomic mass is 19.4. The Labute approximate surface area is 73.9 Å². The second-order valence-electron chi connectivity index (χ2n) is 2.72. The van der Waals surface area contributed by atoms with Gasteiger partial charge >= 0.3 is 6.98 Å². The molecule has 0 aliphatic rings. The van der Waals surface area contributed by atoms with Crippen LogP contribution < -0.4 is 0 Å². The third kappa shape index (κ3) is 3.20. The normalized spacial score (nSPS) is 10.9. The Balaban J connectivity index is 2.77. The van der Waals surface area contributed by atoms with Crippen LogP contribution in [0.5, 0.6) is 0 Å². The molecule has 1 aromatic rings. The summed E-state index contributed by atoms with van der Waals surface area (Å²) in [6.07, 6.45) is -0.883. The van der Waals surface area contributed by atoms with E-state index in [0.29, 0.717) is 5.56 Å². The van der Waals surface area contributed by atoms with Gasteiger partial charge in [-0.05, 0) is 12.1 Å². The molecule has 0 amide bonds. The van der Waals surface area contributed by atoms with Crippen LogP contribution in [0.3, 0.4) is 0 Å². The maximum atomic E-state index is 11.9. The monoisotopic (exact) mass is 184 g/mol. The number of rotatable bonds is 2. The maximum absolute atomic E-state index is 11.9. The van der Waals surface area contributed by atoms with E-state index >= 15 is 0 Å². The summed E-state index contributed by atoms with van der Waals surface area (Å²) in [6.45, 7) is -4.78. The molecule has 0 aliphatic carbocycles. The number of nitriles is 1. The molecule has 0 fully saturated rings. The van der Waals surface area contributed by atoms with E-state index in [9.17, 15) is 12.9 Å². The lowest BCUT2D eigenvalue weighted by atomic mass is 9.82. The summed E-state index contributed by atoms with van der Waals surface area (Å²) in [6, 6.07) is 7.27. The molecule has 68 valence electrons. The van der Waals surface area contributed by atoms with Crippen molar-refractivity contribution in [2.75, 3.05) is 0 Å². The zero-order valence-electron chi connectivity index (χ0n) is 6.67. The van der Waals surface area contributed by atoms with Gasteiger partial charge in [0.25, 0.3) is 0 Å². The molecular formula is C8H6BF3N-. The molecule has 0 unspecified atom stereocenters. The van der Waals surface area contributed by atoms with Gasteiger partial charge < -0.3 is 12.9 Å². The molecule has 1 rings (SSSR count). The first-order valence-corrected chi connectivity index (χ1v) is 3.71. The molecule has 0 aromatic heterocycles. The summed E-state index contributed by atoms with van der Waals surface area (Å²) in [5, 5.41) is 8.39. The number of nitrogens with zero attached hydrogens (tertiary/aromatic N) is 1. The summed E-state index contributed by atoms with van der Waals surface area (Å²) in [5.41, 5.74) is 0.574. The molecule has 0 saturated carbocycles. The zero-order valence-corrected chi connectivity index (χ0v) is 6.67. The van der Waals surface area contributed by atoms with E-state index in [-0.39, 0.29) is 5.56 Å². The van der Waals surface area contributed by atoms with Crippen molar-refractivity contribution in [3.8, 4) is 6.07 Å². The van der Waals surface area contributed by atoms with Crippen molar-refractivity contribution in [1.29, 1.82) is 5.26 Å². The molecule has 13 heavy (non-hydrogen) atoms. The van der Waals surface area contributed by atoms with Gasteiger partial charge in [-0.15, -0.1) is 0 Å². The summed E-state index contributed by atoms with van der Waals surface area (Å²) in [7, 11) is 0. The molecule has 0 atom stereocenters. The number of benzene rings is 1. The van der Waals surface area contributed by atoms with Crippen molar-refractivity contribution in [3.63, 3.8) is 0 Å². The predicted molar refractivity (Wildman–Crippen MR) is 43.9 cm³/mol. The fourth-order valence-corrected chi connectivity index (χ4v) is 0.983. The van der Waals surface area contributed by atoms with E-state index < -0.39 is 13.3 Å². The van der Waals surface area contributed by atoms with Crippen LogP contribution in [0.25, 0.3) is 0 Å². The summed E-state index contributed by atoms with van der Waals surface area (Å²) in [4.78, 5) is 0. The molecule has 0 aliphatic heterocycles. The van der Waals surface area contributed by atoms with Gasteiger partial charge in [0.05, 0.1) is 11.6 Å². The molecule has 1 nitrogen and oxygen atoms in total. The van der Waals surface area contributed by atoms with Crippen molar-refractivity contribution >= 4 is 6.98 Å². The second kappa shape index (κ2) is 3.52. The minimum atomic E-state index is -4.78. The first-order valence-electron chi connectivity index (χ1n) is 3.71. The first-order chi connectivity index (χ1) is 6.01. The highest BCUT2D eigenvalue weighted by Crippen LogP contribution is 2.16. The van der Waals surface area contributed by atoms with Gasteiger partial charge in [0.2, 0.25) is 0 Å². The van der Waals surface area contributed by atoms with E-state index in [1.807, 2.05) is 6.07 Å². The Bertz CT molecular complexity index is 323.